The molecule has 0 aliphatic carbocycles. The molecule has 0 heterocycles. The molecule has 0 amide bonds. The largest absolute Gasteiger partial charge is 0.0985 e. The van der Waals surface area contributed by atoms with Gasteiger partial charge in [-0.2, -0.15) is 0 Å². The van der Waals surface area contributed by atoms with Crippen LogP contribution in [0.3, 0.4) is 0 Å². The fourth-order valence-electron chi connectivity index (χ4n) is 7.54. The van der Waals surface area contributed by atoms with Crippen LogP contribution in [0.4, 0.5) is 0 Å². The molecule has 0 aliphatic rings. The maximum atomic E-state index is 3.89. The third-order valence-electron chi connectivity index (χ3n) is 10.5. The van der Waals surface area contributed by atoms with Crippen LogP contribution < -0.4 is 0 Å². The molecule has 8 aromatic carbocycles. The summed E-state index contributed by atoms with van der Waals surface area (Å²) in [7, 11) is 0. The molecule has 0 nitrogen and oxygen atoms in total. The molecule has 0 fully saturated rings. The zero-order valence-corrected chi connectivity index (χ0v) is 30.4. The topological polar surface area (TPSA) is 0 Å². The van der Waals surface area contributed by atoms with E-state index in [1.807, 2.05) is 12.2 Å². The molecule has 0 radical (unpaired) electrons. The molecule has 2 unspecified atom stereocenters. The molecule has 0 aromatic heterocycles. The summed E-state index contributed by atoms with van der Waals surface area (Å²) in [5, 5.41) is 0. The van der Waals surface area contributed by atoms with Crippen LogP contribution in [0.1, 0.15) is 56.3 Å². The van der Waals surface area contributed by atoms with Crippen molar-refractivity contribution in [2.45, 2.75) is 11.8 Å². The highest BCUT2D eigenvalue weighted by Gasteiger charge is 2.19. The van der Waals surface area contributed by atoms with E-state index < -0.39 is 0 Å². The van der Waals surface area contributed by atoms with Gasteiger partial charge in [-0.25, -0.2) is 0 Å². The zero-order valence-electron chi connectivity index (χ0n) is 30.4. The summed E-state index contributed by atoms with van der Waals surface area (Å²) in [6.07, 6.45) is 3.76. The fraction of sp³-hybridized carbons (Fsp3) is 0.0370. The molecule has 2 atom stereocenters. The van der Waals surface area contributed by atoms with E-state index in [0.29, 0.717) is 0 Å². The minimum atomic E-state index is 0.129. The number of hydrogen-bond donors (Lipinski definition) is 0. The van der Waals surface area contributed by atoms with Crippen LogP contribution in [0, 0.1) is 0 Å². The van der Waals surface area contributed by atoms with E-state index in [1.54, 1.807) is 0 Å². The minimum absolute atomic E-state index is 0.129. The first kappa shape index (κ1) is 34.3. The number of hydrogen-bond acceptors (Lipinski definition) is 0. The molecule has 0 N–H and O–H groups in total. The van der Waals surface area contributed by atoms with Gasteiger partial charge in [-0.05, 0) is 77.9 Å². The Morgan fingerprint density at radius 3 is 0.667 bits per heavy atom. The molecule has 8 rings (SSSR count). The van der Waals surface area contributed by atoms with Crippen LogP contribution in [0.5, 0.6) is 0 Å². The summed E-state index contributed by atoms with van der Waals surface area (Å²) in [6.45, 7) is 7.77. The molecule has 0 heteroatoms. The monoisotopic (exact) mass is 690 g/mol. The Morgan fingerprint density at radius 2 is 0.444 bits per heavy atom. The fourth-order valence-corrected chi connectivity index (χ4v) is 7.54. The van der Waals surface area contributed by atoms with Crippen molar-refractivity contribution in [2.24, 2.45) is 0 Å². The molecule has 0 bridgehead atoms. The SMILES string of the molecule is C=Cc1ccc(-c2ccc(C(c3ccccc3)c3ccc(-c4ccc(C(c5ccccc5)c5ccc(-c6ccc(C=C)cc6)cc5)cc4)cc3)cc2)cc1. The average molecular weight is 691 g/mol. The van der Waals surface area contributed by atoms with Gasteiger partial charge in [-0.1, -0.05) is 232 Å². The zero-order chi connectivity index (χ0) is 36.7. The van der Waals surface area contributed by atoms with Gasteiger partial charge in [-0.3, -0.25) is 0 Å². The molecule has 258 valence electrons. The van der Waals surface area contributed by atoms with E-state index >= 15 is 0 Å². The maximum Gasteiger partial charge on any atom is 0.0340 e. The number of rotatable bonds is 11. The van der Waals surface area contributed by atoms with Crippen molar-refractivity contribution in [2.75, 3.05) is 0 Å². The second-order valence-corrected chi connectivity index (χ2v) is 13.8. The van der Waals surface area contributed by atoms with Gasteiger partial charge in [0.05, 0.1) is 0 Å². The molecule has 8 aromatic rings. The number of benzene rings is 8. The summed E-state index contributed by atoms with van der Waals surface area (Å²) in [5.41, 5.74) is 17.2. The third-order valence-corrected chi connectivity index (χ3v) is 10.5. The molecule has 0 saturated heterocycles. The Morgan fingerprint density at radius 1 is 0.241 bits per heavy atom. The van der Waals surface area contributed by atoms with Gasteiger partial charge in [0.25, 0.3) is 0 Å². The highest BCUT2D eigenvalue weighted by Crippen LogP contribution is 2.37. The Labute approximate surface area is 320 Å². The highest BCUT2D eigenvalue weighted by molar-refractivity contribution is 5.69. The normalized spacial score (nSPS) is 12.1. The van der Waals surface area contributed by atoms with Crippen molar-refractivity contribution in [3.8, 4) is 33.4 Å². The Bertz CT molecular complexity index is 2260. The standard InChI is InChI=1S/C54H42/c1-3-39-15-19-41(20-16-39)43-23-31-49(32-24-43)53(47-11-7-5-8-12-47)51-35-27-45(28-36-51)46-29-37-52(38-30-46)54(48-13-9-6-10-14-48)50-33-25-44(26-34-50)42-21-17-40(4-2)18-22-42/h3-38,53-54H,1-2H2. The molecule has 0 aliphatic heterocycles. The first-order chi connectivity index (χ1) is 26.7. The molecule has 0 spiro atoms. The van der Waals surface area contributed by atoms with Gasteiger partial charge in [-0.15, -0.1) is 0 Å². The van der Waals surface area contributed by atoms with Crippen LogP contribution in [-0.4, -0.2) is 0 Å². The predicted octanol–water partition coefficient (Wildman–Crippen LogP) is 14.3. The van der Waals surface area contributed by atoms with E-state index in [1.165, 1.54) is 66.8 Å². The molecule has 0 saturated carbocycles. The molecule has 54 heavy (non-hydrogen) atoms. The van der Waals surface area contributed by atoms with Crippen molar-refractivity contribution in [3.63, 3.8) is 0 Å². The molecular formula is C54H42. The van der Waals surface area contributed by atoms with Crippen LogP contribution >= 0.6 is 0 Å². The summed E-state index contributed by atoms with van der Waals surface area (Å²) in [5.74, 6) is 0.258. The quantitative estimate of drug-likeness (QED) is 0.119. The van der Waals surface area contributed by atoms with Gasteiger partial charge in [0.15, 0.2) is 0 Å². The van der Waals surface area contributed by atoms with Gasteiger partial charge < -0.3 is 0 Å². The van der Waals surface area contributed by atoms with E-state index in [9.17, 15) is 0 Å². The first-order valence-corrected chi connectivity index (χ1v) is 18.6. The van der Waals surface area contributed by atoms with Gasteiger partial charge in [0, 0.05) is 11.8 Å². The Hall–Kier alpha value is -6.76. The van der Waals surface area contributed by atoms with Crippen molar-refractivity contribution < 1.29 is 0 Å². The summed E-state index contributed by atoms with van der Waals surface area (Å²) in [4.78, 5) is 0. The van der Waals surface area contributed by atoms with Crippen molar-refractivity contribution in [1.29, 1.82) is 0 Å². The lowest BCUT2D eigenvalue weighted by Crippen LogP contribution is -2.04. The van der Waals surface area contributed by atoms with Crippen molar-refractivity contribution in [3.05, 3.63) is 264 Å². The van der Waals surface area contributed by atoms with Crippen LogP contribution in [0.2, 0.25) is 0 Å². The minimum Gasteiger partial charge on any atom is -0.0985 e. The van der Waals surface area contributed by atoms with Crippen molar-refractivity contribution >= 4 is 12.2 Å². The lowest BCUT2D eigenvalue weighted by atomic mass is 9.83. The van der Waals surface area contributed by atoms with Gasteiger partial charge in [0.1, 0.15) is 0 Å². The van der Waals surface area contributed by atoms with Crippen molar-refractivity contribution in [1.82, 2.24) is 0 Å². The van der Waals surface area contributed by atoms with E-state index in [4.69, 9.17) is 0 Å². The van der Waals surface area contributed by atoms with E-state index in [-0.39, 0.29) is 11.8 Å². The summed E-state index contributed by atoms with van der Waals surface area (Å²) >= 11 is 0. The van der Waals surface area contributed by atoms with E-state index in [0.717, 1.165) is 11.1 Å². The smallest absolute Gasteiger partial charge is 0.0340 e. The summed E-state index contributed by atoms with van der Waals surface area (Å²) in [6, 6.07) is 75.1. The second kappa shape index (κ2) is 15.9. The first-order valence-electron chi connectivity index (χ1n) is 18.6. The lowest BCUT2D eigenvalue weighted by molar-refractivity contribution is 0.976. The van der Waals surface area contributed by atoms with Gasteiger partial charge in [0.2, 0.25) is 0 Å². The molecular weight excluding hydrogens is 649 g/mol. The lowest BCUT2D eigenvalue weighted by Gasteiger charge is -2.21. The predicted molar refractivity (Wildman–Crippen MR) is 231 cm³/mol. The van der Waals surface area contributed by atoms with Crippen LogP contribution in [0.15, 0.2) is 219 Å². The Kier molecular flexibility index (Phi) is 10.1. The highest BCUT2D eigenvalue weighted by atomic mass is 14.2. The van der Waals surface area contributed by atoms with E-state index in [2.05, 4.69) is 219 Å². The maximum absolute atomic E-state index is 3.89. The summed E-state index contributed by atoms with van der Waals surface area (Å²) < 4.78 is 0. The average Bonchev–Trinajstić information content (AvgIpc) is 3.26. The third kappa shape index (κ3) is 7.42. The van der Waals surface area contributed by atoms with Crippen LogP contribution in [0.25, 0.3) is 45.5 Å². The second-order valence-electron chi connectivity index (χ2n) is 13.8. The Balaban J connectivity index is 1.06. The van der Waals surface area contributed by atoms with Gasteiger partial charge >= 0.3 is 0 Å². The van der Waals surface area contributed by atoms with Crippen LogP contribution in [-0.2, 0) is 0 Å².